The molecule has 27 heavy (non-hydrogen) atoms. The van der Waals surface area contributed by atoms with Crippen molar-refractivity contribution in [3.8, 4) is 0 Å². The molecule has 5 nitrogen and oxygen atoms in total. The second-order valence-corrected chi connectivity index (χ2v) is 8.57. The number of fused-ring (bicyclic) bond motifs is 1. The molecule has 2 amide bonds. The van der Waals surface area contributed by atoms with Crippen LogP contribution in [0.5, 0.6) is 0 Å². The van der Waals surface area contributed by atoms with Crippen molar-refractivity contribution in [1.82, 2.24) is 15.5 Å². The fraction of sp³-hybridized carbons (Fsp3) is 0.619. The third-order valence-electron chi connectivity index (χ3n) is 6.36. The molecule has 0 radical (unpaired) electrons. The number of nitrogens with one attached hydrogen (secondary N) is 2. The lowest BCUT2D eigenvalue weighted by atomic mass is 9.84. The quantitative estimate of drug-likeness (QED) is 0.835. The number of carbonyl (C=O) groups excluding carboxylic acids is 2. The second-order valence-electron chi connectivity index (χ2n) is 8.13. The number of benzene rings is 1. The van der Waals surface area contributed by atoms with Crippen LogP contribution in [0.15, 0.2) is 24.3 Å². The maximum atomic E-state index is 13.3. The summed E-state index contributed by atoms with van der Waals surface area (Å²) in [5, 5.41) is 7.15. The molecule has 2 saturated heterocycles. The van der Waals surface area contributed by atoms with Gasteiger partial charge in [0.2, 0.25) is 5.91 Å². The van der Waals surface area contributed by atoms with Crippen LogP contribution in [-0.4, -0.2) is 47.9 Å². The van der Waals surface area contributed by atoms with Crippen molar-refractivity contribution in [1.29, 1.82) is 0 Å². The highest BCUT2D eigenvalue weighted by Crippen LogP contribution is 2.40. The number of carbonyl (C=O) groups is 2. The van der Waals surface area contributed by atoms with Gasteiger partial charge in [0.25, 0.3) is 5.91 Å². The largest absolute Gasteiger partial charge is 0.350 e. The predicted molar refractivity (Wildman–Crippen MR) is 106 cm³/mol. The molecule has 0 bridgehead atoms. The first-order chi connectivity index (χ1) is 13.1. The zero-order chi connectivity index (χ0) is 18.8. The highest BCUT2D eigenvalue weighted by atomic mass is 35.5. The molecule has 6 heteroatoms. The van der Waals surface area contributed by atoms with E-state index in [2.05, 4.69) is 10.6 Å². The third kappa shape index (κ3) is 3.99. The summed E-state index contributed by atoms with van der Waals surface area (Å²) in [4.78, 5) is 28.3. The number of hydrogen-bond donors (Lipinski definition) is 2. The van der Waals surface area contributed by atoms with Gasteiger partial charge in [-0.1, -0.05) is 24.4 Å². The third-order valence-corrected chi connectivity index (χ3v) is 6.61. The average molecular weight is 390 g/mol. The van der Waals surface area contributed by atoms with Crippen molar-refractivity contribution in [3.63, 3.8) is 0 Å². The van der Waals surface area contributed by atoms with Gasteiger partial charge in [-0.3, -0.25) is 9.59 Å². The number of nitrogens with zero attached hydrogens (tertiary/aromatic N) is 1. The molecule has 0 spiro atoms. The van der Waals surface area contributed by atoms with Crippen LogP contribution >= 0.6 is 11.6 Å². The van der Waals surface area contributed by atoms with Crippen molar-refractivity contribution >= 4 is 23.4 Å². The molecule has 1 aromatic carbocycles. The Hall–Kier alpha value is -1.59. The minimum Gasteiger partial charge on any atom is -0.350 e. The first-order valence-corrected chi connectivity index (χ1v) is 10.6. The van der Waals surface area contributed by atoms with Crippen LogP contribution in [0.3, 0.4) is 0 Å². The summed E-state index contributed by atoms with van der Waals surface area (Å²) in [6.07, 6.45) is 7.31. The summed E-state index contributed by atoms with van der Waals surface area (Å²) in [5.74, 6) is 0.415. The number of rotatable bonds is 3. The minimum atomic E-state index is -0.358. The van der Waals surface area contributed by atoms with E-state index in [4.69, 9.17) is 11.6 Å². The average Bonchev–Trinajstić information content (AvgIpc) is 3.08. The summed E-state index contributed by atoms with van der Waals surface area (Å²) in [7, 11) is 0. The molecule has 1 aromatic rings. The molecule has 3 fully saturated rings. The number of amides is 2. The second kappa shape index (κ2) is 8.19. The van der Waals surface area contributed by atoms with Gasteiger partial charge < -0.3 is 15.5 Å². The van der Waals surface area contributed by atoms with E-state index in [-0.39, 0.29) is 29.9 Å². The van der Waals surface area contributed by atoms with E-state index in [0.717, 1.165) is 51.6 Å². The van der Waals surface area contributed by atoms with Crippen LogP contribution in [0.4, 0.5) is 0 Å². The van der Waals surface area contributed by atoms with E-state index in [1.807, 2.05) is 4.90 Å². The number of halogens is 1. The molecule has 2 N–H and O–H groups in total. The molecule has 2 heterocycles. The molecule has 146 valence electrons. The predicted octanol–water partition coefficient (Wildman–Crippen LogP) is 2.98. The molecule has 4 rings (SSSR count). The van der Waals surface area contributed by atoms with Gasteiger partial charge in [-0.25, -0.2) is 0 Å². The number of likely N-dealkylation sites (tertiary alicyclic amines) is 1. The summed E-state index contributed by atoms with van der Waals surface area (Å²) in [5.41, 5.74) is 0.614. The maximum Gasteiger partial charge on any atom is 0.254 e. The van der Waals surface area contributed by atoms with Crippen LogP contribution in [0.1, 0.15) is 55.3 Å². The fourth-order valence-electron chi connectivity index (χ4n) is 5.00. The minimum absolute atomic E-state index is 0.0143. The summed E-state index contributed by atoms with van der Waals surface area (Å²) in [6.45, 7) is 1.83. The van der Waals surface area contributed by atoms with Gasteiger partial charge in [0.05, 0.1) is 0 Å². The van der Waals surface area contributed by atoms with Gasteiger partial charge in [0.15, 0.2) is 0 Å². The van der Waals surface area contributed by atoms with Gasteiger partial charge in [-0.15, -0.1) is 0 Å². The lowest BCUT2D eigenvalue weighted by molar-refractivity contribution is -0.126. The summed E-state index contributed by atoms with van der Waals surface area (Å²) >= 11 is 5.98. The monoisotopic (exact) mass is 389 g/mol. The molecule has 3 aliphatic rings. The molecular formula is C21H28ClN3O2. The molecular weight excluding hydrogens is 362 g/mol. The van der Waals surface area contributed by atoms with E-state index in [1.54, 1.807) is 24.3 Å². The molecule has 4 unspecified atom stereocenters. The standard InChI is InChI=1S/C21H28ClN3O2/c22-16-9-7-14(8-10-16)21(27)25-18-6-2-1-4-15(18)12-19(25)20(26)24-17-5-3-11-23-13-17/h7-10,15,17-19,23H,1-6,11-13H2,(H,24,26). The highest BCUT2D eigenvalue weighted by Gasteiger charge is 2.47. The molecule has 2 aliphatic heterocycles. The van der Waals surface area contributed by atoms with Crippen molar-refractivity contribution in [3.05, 3.63) is 34.9 Å². The Bertz CT molecular complexity index is 687. The van der Waals surface area contributed by atoms with Crippen LogP contribution in [0, 0.1) is 5.92 Å². The zero-order valence-corrected chi connectivity index (χ0v) is 16.4. The van der Waals surface area contributed by atoms with Crippen LogP contribution in [-0.2, 0) is 4.79 Å². The summed E-state index contributed by atoms with van der Waals surface area (Å²) in [6, 6.07) is 7.01. The maximum absolute atomic E-state index is 13.3. The Morgan fingerprint density at radius 3 is 2.59 bits per heavy atom. The fourth-order valence-corrected chi connectivity index (χ4v) is 5.13. The van der Waals surface area contributed by atoms with Crippen molar-refractivity contribution in [2.45, 2.75) is 63.1 Å². The van der Waals surface area contributed by atoms with Crippen LogP contribution in [0.2, 0.25) is 5.02 Å². The van der Waals surface area contributed by atoms with E-state index in [9.17, 15) is 9.59 Å². The Balaban J connectivity index is 1.55. The van der Waals surface area contributed by atoms with Gasteiger partial charge in [0, 0.05) is 29.2 Å². The van der Waals surface area contributed by atoms with Gasteiger partial charge in [-0.05, 0) is 68.8 Å². The first-order valence-electron chi connectivity index (χ1n) is 10.2. The Morgan fingerprint density at radius 2 is 1.85 bits per heavy atom. The molecule has 4 atom stereocenters. The number of hydrogen-bond acceptors (Lipinski definition) is 3. The van der Waals surface area contributed by atoms with E-state index < -0.39 is 0 Å². The highest BCUT2D eigenvalue weighted by molar-refractivity contribution is 6.30. The molecule has 0 aromatic heterocycles. The topological polar surface area (TPSA) is 61.4 Å². The first kappa shape index (κ1) is 18.8. The van der Waals surface area contributed by atoms with Crippen molar-refractivity contribution < 1.29 is 9.59 Å². The van der Waals surface area contributed by atoms with E-state index in [0.29, 0.717) is 16.5 Å². The lowest BCUT2D eigenvalue weighted by Gasteiger charge is -2.34. The van der Waals surface area contributed by atoms with E-state index >= 15 is 0 Å². The van der Waals surface area contributed by atoms with Gasteiger partial charge >= 0.3 is 0 Å². The smallest absolute Gasteiger partial charge is 0.254 e. The van der Waals surface area contributed by atoms with Gasteiger partial charge in [0.1, 0.15) is 6.04 Å². The lowest BCUT2D eigenvalue weighted by Crippen LogP contribution is -2.54. The normalized spacial score (nSPS) is 30.6. The SMILES string of the molecule is O=C(NC1CCCNC1)C1CC2CCCCC2N1C(=O)c1ccc(Cl)cc1. The van der Waals surface area contributed by atoms with Crippen molar-refractivity contribution in [2.24, 2.45) is 5.92 Å². The van der Waals surface area contributed by atoms with E-state index in [1.165, 1.54) is 6.42 Å². The van der Waals surface area contributed by atoms with Crippen molar-refractivity contribution in [2.75, 3.05) is 13.1 Å². The Labute approximate surface area is 165 Å². The summed E-state index contributed by atoms with van der Waals surface area (Å²) < 4.78 is 0. The Morgan fingerprint density at radius 1 is 1.07 bits per heavy atom. The van der Waals surface area contributed by atoms with Crippen LogP contribution < -0.4 is 10.6 Å². The Kier molecular flexibility index (Phi) is 5.69. The zero-order valence-electron chi connectivity index (χ0n) is 15.6. The van der Waals surface area contributed by atoms with Gasteiger partial charge in [-0.2, -0.15) is 0 Å². The van der Waals surface area contributed by atoms with Crippen LogP contribution in [0.25, 0.3) is 0 Å². The number of piperidine rings is 1. The molecule has 1 aliphatic carbocycles. The molecule has 1 saturated carbocycles.